The molecule has 0 aromatic carbocycles. The van der Waals surface area contributed by atoms with Crippen LogP contribution in [0.25, 0.3) is 0 Å². The lowest BCUT2D eigenvalue weighted by atomic mass is 9.83. The molecule has 3 heteroatoms. The summed E-state index contributed by atoms with van der Waals surface area (Å²) in [6.07, 6.45) is 7.15. The van der Waals surface area contributed by atoms with Crippen molar-refractivity contribution in [1.29, 1.82) is 0 Å². The number of carbonyl (C=O) groups excluding carboxylic acids is 1. The van der Waals surface area contributed by atoms with E-state index in [2.05, 4.69) is 18.7 Å². The highest BCUT2D eigenvalue weighted by atomic mass is 16.1. The number of likely N-dealkylation sites (tertiary alicyclic amines) is 1. The first-order valence-electron chi connectivity index (χ1n) is 7.41. The minimum absolute atomic E-state index is 0.123. The van der Waals surface area contributed by atoms with Gasteiger partial charge in [-0.1, -0.05) is 38.9 Å². The lowest BCUT2D eigenvalue weighted by molar-refractivity contribution is -0.125. The molecule has 18 heavy (non-hydrogen) atoms. The van der Waals surface area contributed by atoms with Gasteiger partial charge in [0, 0.05) is 5.41 Å². The molecule has 1 aliphatic heterocycles. The maximum atomic E-state index is 11.4. The molecule has 1 atom stereocenters. The Balaban J connectivity index is 1.97. The van der Waals surface area contributed by atoms with Crippen LogP contribution in [-0.4, -0.2) is 38.2 Å². The summed E-state index contributed by atoms with van der Waals surface area (Å²) in [6.45, 7) is 9.28. The third-order valence-corrected chi connectivity index (χ3v) is 4.29. The van der Waals surface area contributed by atoms with Gasteiger partial charge in [0.25, 0.3) is 0 Å². The van der Waals surface area contributed by atoms with Gasteiger partial charge < -0.3 is 4.90 Å². The van der Waals surface area contributed by atoms with Crippen molar-refractivity contribution >= 4 is 13.6 Å². The number of nitrogens with zero attached hydrogens (tertiary/aromatic N) is 1. The third-order valence-electron chi connectivity index (χ3n) is 4.29. The summed E-state index contributed by atoms with van der Waals surface area (Å²) in [6, 6.07) is 0. The zero-order valence-corrected chi connectivity index (χ0v) is 12.4. The van der Waals surface area contributed by atoms with E-state index in [0.29, 0.717) is 11.6 Å². The lowest BCUT2D eigenvalue weighted by Crippen LogP contribution is -2.21. The average molecular weight is 249 g/mol. The van der Waals surface area contributed by atoms with Crippen molar-refractivity contribution in [2.45, 2.75) is 65.1 Å². The normalized spacial score (nSPS) is 21.4. The van der Waals surface area contributed by atoms with Crippen LogP contribution in [0.4, 0.5) is 0 Å². The second-order valence-electron chi connectivity index (χ2n) is 6.45. The van der Waals surface area contributed by atoms with Crippen LogP contribution in [0, 0.1) is 5.41 Å². The molecule has 1 rings (SSSR count). The summed E-state index contributed by atoms with van der Waals surface area (Å²) < 4.78 is 0. The van der Waals surface area contributed by atoms with Crippen molar-refractivity contribution < 1.29 is 4.79 Å². The van der Waals surface area contributed by atoms with Crippen LogP contribution in [0.15, 0.2) is 0 Å². The molecule has 0 aromatic heterocycles. The minimum Gasteiger partial charge on any atom is -0.304 e. The molecule has 1 saturated heterocycles. The molecule has 2 nitrogen and oxygen atoms in total. The van der Waals surface area contributed by atoms with Gasteiger partial charge in [-0.25, -0.2) is 0 Å². The highest BCUT2D eigenvalue weighted by molar-refractivity contribution is 6.11. The van der Waals surface area contributed by atoms with E-state index >= 15 is 0 Å². The molecule has 0 spiro atoms. The Hall–Kier alpha value is -0.305. The molecule has 0 aliphatic carbocycles. The number of hydrogen-bond acceptors (Lipinski definition) is 2. The van der Waals surface area contributed by atoms with E-state index in [1.807, 2.05) is 0 Å². The standard InChI is InChI=1S/C15H28BNO/c1-13(18)15(2,3)9-6-4-5-7-10-17-11-8-14(16)12-17/h14H,4-12H2,1-3H3. The number of Topliss-reactive ketones (excluding diaryl/α,β-unsaturated/α-hetero) is 1. The fraction of sp³-hybridized carbons (Fsp3) is 0.933. The maximum absolute atomic E-state index is 11.4. The Morgan fingerprint density at radius 3 is 2.50 bits per heavy atom. The molecule has 0 N–H and O–H groups in total. The van der Waals surface area contributed by atoms with Crippen LogP contribution < -0.4 is 0 Å². The second-order valence-corrected chi connectivity index (χ2v) is 6.45. The average Bonchev–Trinajstić information content (AvgIpc) is 2.69. The molecular formula is C15H28BNO. The molecule has 102 valence electrons. The van der Waals surface area contributed by atoms with Crippen LogP contribution >= 0.6 is 0 Å². The number of ketones is 1. The first-order valence-corrected chi connectivity index (χ1v) is 7.41. The fourth-order valence-electron chi connectivity index (χ4n) is 2.50. The molecule has 0 saturated carbocycles. The van der Waals surface area contributed by atoms with E-state index in [0.717, 1.165) is 19.4 Å². The van der Waals surface area contributed by atoms with Crippen LogP contribution in [0.3, 0.4) is 0 Å². The predicted molar refractivity (Wildman–Crippen MR) is 78.1 cm³/mol. The fourth-order valence-corrected chi connectivity index (χ4v) is 2.50. The van der Waals surface area contributed by atoms with Gasteiger partial charge in [0.05, 0.1) is 7.85 Å². The molecule has 1 fully saturated rings. The summed E-state index contributed by atoms with van der Waals surface area (Å²) in [7, 11) is 5.88. The van der Waals surface area contributed by atoms with Crippen molar-refractivity contribution in [2.24, 2.45) is 5.41 Å². The summed E-state index contributed by atoms with van der Waals surface area (Å²) in [5, 5.41) is 0. The number of rotatable bonds is 8. The van der Waals surface area contributed by atoms with Crippen LogP contribution in [-0.2, 0) is 4.79 Å². The van der Waals surface area contributed by atoms with Crippen molar-refractivity contribution in [2.75, 3.05) is 19.6 Å². The Labute approximate surface area is 114 Å². The van der Waals surface area contributed by atoms with Crippen molar-refractivity contribution in [3.8, 4) is 0 Å². The summed E-state index contributed by atoms with van der Waals surface area (Å²) >= 11 is 0. The first kappa shape index (κ1) is 15.8. The van der Waals surface area contributed by atoms with Crippen LogP contribution in [0.2, 0.25) is 5.82 Å². The van der Waals surface area contributed by atoms with E-state index in [1.54, 1.807) is 6.92 Å². The molecule has 1 unspecified atom stereocenters. The van der Waals surface area contributed by atoms with E-state index in [9.17, 15) is 4.79 Å². The van der Waals surface area contributed by atoms with Gasteiger partial charge in [0.15, 0.2) is 0 Å². The van der Waals surface area contributed by atoms with E-state index in [-0.39, 0.29) is 5.41 Å². The summed E-state index contributed by atoms with van der Waals surface area (Å²) in [5.74, 6) is 0.718. The highest BCUT2D eigenvalue weighted by Crippen LogP contribution is 2.25. The van der Waals surface area contributed by atoms with Gasteiger partial charge in [-0.2, -0.15) is 0 Å². The summed E-state index contributed by atoms with van der Waals surface area (Å²) in [4.78, 5) is 13.8. The topological polar surface area (TPSA) is 20.3 Å². The van der Waals surface area contributed by atoms with Crippen LogP contribution in [0.1, 0.15) is 59.3 Å². The molecule has 0 bridgehead atoms. The quantitative estimate of drug-likeness (QED) is 0.486. The number of hydrogen-bond donors (Lipinski definition) is 0. The van der Waals surface area contributed by atoms with Gasteiger partial charge in [0.1, 0.15) is 5.78 Å². The molecule has 1 aliphatic rings. The van der Waals surface area contributed by atoms with Gasteiger partial charge in [-0.15, -0.1) is 0 Å². The Morgan fingerprint density at radius 1 is 1.28 bits per heavy atom. The number of carbonyl (C=O) groups is 1. The largest absolute Gasteiger partial charge is 0.304 e. The van der Waals surface area contributed by atoms with Crippen LogP contribution in [0.5, 0.6) is 0 Å². The third kappa shape index (κ3) is 5.56. The minimum atomic E-state index is -0.123. The first-order chi connectivity index (χ1) is 8.42. The SMILES string of the molecule is [B]C1CCN(CCCCCCC(C)(C)C(C)=O)C1. The zero-order valence-electron chi connectivity index (χ0n) is 12.4. The Kier molecular flexibility index (Phi) is 6.41. The van der Waals surface area contributed by atoms with Crippen molar-refractivity contribution in [3.05, 3.63) is 0 Å². The van der Waals surface area contributed by atoms with Gasteiger partial charge >= 0.3 is 0 Å². The Bertz CT molecular complexity index is 265. The second kappa shape index (κ2) is 7.32. The molecule has 0 amide bonds. The monoisotopic (exact) mass is 249 g/mol. The molecular weight excluding hydrogens is 221 g/mol. The summed E-state index contributed by atoms with van der Waals surface area (Å²) in [5.41, 5.74) is -0.123. The molecule has 0 aromatic rings. The predicted octanol–water partition coefficient (Wildman–Crippen LogP) is 3.21. The zero-order chi connectivity index (χ0) is 13.6. The van der Waals surface area contributed by atoms with Gasteiger partial charge in [-0.3, -0.25) is 4.79 Å². The van der Waals surface area contributed by atoms with Gasteiger partial charge in [0.2, 0.25) is 0 Å². The lowest BCUT2D eigenvalue weighted by Gasteiger charge is -2.20. The highest BCUT2D eigenvalue weighted by Gasteiger charge is 2.22. The van der Waals surface area contributed by atoms with E-state index in [4.69, 9.17) is 7.85 Å². The van der Waals surface area contributed by atoms with Crippen molar-refractivity contribution in [1.82, 2.24) is 4.90 Å². The maximum Gasteiger partial charge on any atom is 0.135 e. The van der Waals surface area contributed by atoms with Crippen molar-refractivity contribution in [3.63, 3.8) is 0 Å². The van der Waals surface area contributed by atoms with E-state index < -0.39 is 0 Å². The van der Waals surface area contributed by atoms with Gasteiger partial charge in [-0.05, 0) is 45.8 Å². The molecule has 1 heterocycles. The number of unbranched alkanes of at least 4 members (excludes halogenated alkanes) is 3. The smallest absolute Gasteiger partial charge is 0.135 e. The van der Waals surface area contributed by atoms with E-state index in [1.165, 1.54) is 38.8 Å². The Morgan fingerprint density at radius 2 is 1.94 bits per heavy atom. The molecule has 2 radical (unpaired) electrons.